The Labute approximate surface area is 135 Å². The van der Waals surface area contributed by atoms with E-state index in [0.29, 0.717) is 24.5 Å². The minimum atomic E-state index is -1.18. The first-order valence-electron chi connectivity index (χ1n) is 7.88. The first-order chi connectivity index (χ1) is 10.9. The summed E-state index contributed by atoms with van der Waals surface area (Å²) in [4.78, 5) is 13.6. The smallest absolute Gasteiger partial charge is 0.335 e. The van der Waals surface area contributed by atoms with Crippen LogP contribution in [0.1, 0.15) is 26.7 Å². The van der Waals surface area contributed by atoms with Crippen LogP contribution in [-0.4, -0.2) is 63.9 Å². The molecule has 0 amide bonds. The molecule has 1 saturated heterocycles. The summed E-state index contributed by atoms with van der Waals surface area (Å²) in [5.74, 6) is 0.0604. The van der Waals surface area contributed by atoms with Crippen molar-refractivity contribution >= 4 is 5.97 Å². The third kappa shape index (κ3) is 4.32. The first-order valence-corrected chi connectivity index (χ1v) is 7.88. The van der Waals surface area contributed by atoms with Crippen molar-refractivity contribution in [3.63, 3.8) is 0 Å². The van der Waals surface area contributed by atoms with Crippen molar-refractivity contribution in [2.24, 2.45) is 5.92 Å². The van der Waals surface area contributed by atoms with E-state index >= 15 is 0 Å². The molecule has 2 heterocycles. The highest BCUT2D eigenvalue weighted by Gasteiger charge is 2.44. The zero-order chi connectivity index (χ0) is 17.0. The Kier molecular flexibility index (Phi) is 6.17. The molecule has 1 fully saturated rings. The molecule has 23 heavy (non-hydrogen) atoms. The van der Waals surface area contributed by atoms with Crippen LogP contribution in [0.15, 0.2) is 24.0 Å². The normalized spacial score (nSPS) is 30.7. The van der Waals surface area contributed by atoms with E-state index in [2.05, 4.69) is 13.8 Å². The molecule has 0 aromatic rings. The second kappa shape index (κ2) is 7.92. The molecule has 0 radical (unpaired) electrons. The van der Waals surface area contributed by atoms with Crippen LogP contribution in [0.25, 0.3) is 0 Å². The predicted molar refractivity (Wildman–Crippen MR) is 81.9 cm³/mol. The zero-order valence-electron chi connectivity index (χ0n) is 13.5. The van der Waals surface area contributed by atoms with Crippen molar-refractivity contribution in [1.29, 1.82) is 0 Å². The fourth-order valence-corrected chi connectivity index (χ4v) is 2.48. The van der Waals surface area contributed by atoms with Gasteiger partial charge in [0, 0.05) is 18.8 Å². The quantitative estimate of drug-likeness (QED) is 0.596. The lowest BCUT2D eigenvalue weighted by atomic mass is 10.1. The number of carbonyl (C=O) groups is 1. The van der Waals surface area contributed by atoms with Gasteiger partial charge in [0.25, 0.3) is 0 Å². The number of aliphatic hydroxyl groups is 3. The van der Waals surface area contributed by atoms with Crippen molar-refractivity contribution in [1.82, 2.24) is 4.90 Å². The van der Waals surface area contributed by atoms with Gasteiger partial charge < -0.3 is 29.7 Å². The summed E-state index contributed by atoms with van der Waals surface area (Å²) in [7, 11) is 0. The summed E-state index contributed by atoms with van der Waals surface area (Å²) in [6.07, 6.45) is 2.17. The van der Waals surface area contributed by atoms with Gasteiger partial charge in [0.1, 0.15) is 18.3 Å². The number of carbonyl (C=O) groups excluding carboxylic acids is 1. The van der Waals surface area contributed by atoms with E-state index in [1.165, 1.54) is 4.90 Å². The van der Waals surface area contributed by atoms with Gasteiger partial charge in [0.05, 0.1) is 18.8 Å². The molecule has 2 aliphatic heterocycles. The number of esters is 1. The minimum Gasteiger partial charge on any atom is -0.462 e. The highest BCUT2D eigenvalue weighted by molar-refractivity contribution is 5.88. The van der Waals surface area contributed by atoms with Gasteiger partial charge in [-0.15, -0.1) is 0 Å². The zero-order valence-corrected chi connectivity index (χ0v) is 13.5. The Bertz CT molecular complexity index is 475. The second-order valence-corrected chi connectivity index (χ2v) is 6.24. The Morgan fingerprint density at radius 2 is 2.17 bits per heavy atom. The lowest BCUT2D eigenvalue weighted by Crippen LogP contribution is -2.40. The van der Waals surface area contributed by atoms with Gasteiger partial charge in [-0.25, -0.2) is 4.79 Å². The third-order valence-electron chi connectivity index (χ3n) is 3.92. The molecule has 2 rings (SSSR count). The van der Waals surface area contributed by atoms with Crippen LogP contribution >= 0.6 is 0 Å². The molecule has 0 aromatic carbocycles. The number of rotatable bonds is 6. The molecular weight excluding hydrogens is 302 g/mol. The lowest BCUT2D eigenvalue weighted by Gasteiger charge is -2.28. The van der Waals surface area contributed by atoms with Gasteiger partial charge in [-0.3, -0.25) is 0 Å². The number of hydrogen-bond acceptors (Lipinski definition) is 7. The molecule has 0 aliphatic carbocycles. The standard InChI is InChI=1S/C16H25NO6/c1-10(2)5-7-22-16(21)11-4-3-6-17(8-11)15-14(20)13(19)12(9-18)23-15/h3,6,8,10,12-15,18-20H,4-5,7,9H2,1-2H3/t12-,13?,14?,15-/m1/s1. The van der Waals surface area contributed by atoms with E-state index in [-0.39, 0.29) is 6.61 Å². The van der Waals surface area contributed by atoms with E-state index in [4.69, 9.17) is 14.6 Å². The molecule has 0 spiro atoms. The average Bonchev–Trinajstić information content (AvgIpc) is 2.82. The molecule has 4 atom stereocenters. The molecule has 7 heteroatoms. The highest BCUT2D eigenvalue weighted by Crippen LogP contribution is 2.27. The lowest BCUT2D eigenvalue weighted by molar-refractivity contribution is -0.139. The van der Waals surface area contributed by atoms with E-state index < -0.39 is 30.5 Å². The third-order valence-corrected chi connectivity index (χ3v) is 3.92. The topological polar surface area (TPSA) is 99.5 Å². The molecule has 0 saturated carbocycles. The van der Waals surface area contributed by atoms with Crippen molar-refractivity contribution in [2.45, 2.75) is 51.2 Å². The average molecular weight is 327 g/mol. The Morgan fingerprint density at radius 1 is 1.43 bits per heavy atom. The Morgan fingerprint density at radius 3 is 2.78 bits per heavy atom. The maximum Gasteiger partial charge on any atom is 0.335 e. The van der Waals surface area contributed by atoms with Crippen LogP contribution in [0, 0.1) is 5.92 Å². The number of ether oxygens (including phenoxy) is 2. The number of nitrogens with zero attached hydrogens (tertiary/aromatic N) is 1. The molecule has 0 aromatic heterocycles. The first kappa shape index (κ1) is 17.9. The monoisotopic (exact) mass is 327 g/mol. The molecule has 3 N–H and O–H groups in total. The summed E-state index contributed by atoms with van der Waals surface area (Å²) in [5.41, 5.74) is 0.453. The number of allylic oxidation sites excluding steroid dienone is 1. The second-order valence-electron chi connectivity index (χ2n) is 6.24. The molecule has 0 bridgehead atoms. The van der Waals surface area contributed by atoms with Crippen molar-refractivity contribution in [3.05, 3.63) is 24.0 Å². The molecule has 7 nitrogen and oxygen atoms in total. The van der Waals surface area contributed by atoms with Crippen molar-refractivity contribution < 1.29 is 29.6 Å². The summed E-state index contributed by atoms with van der Waals surface area (Å²) in [6.45, 7) is 4.09. The maximum absolute atomic E-state index is 12.1. The van der Waals surface area contributed by atoms with Crippen LogP contribution in [0.2, 0.25) is 0 Å². The summed E-state index contributed by atoms with van der Waals surface area (Å²) >= 11 is 0. The summed E-state index contributed by atoms with van der Waals surface area (Å²) in [5, 5.41) is 29.0. The van der Waals surface area contributed by atoms with Crippen LogP contribution in [-0.2, 0) is 14.3 Å². The van der Waals surface area contributed by atoms with E-state index in [1.807, 2.05) is 0 Å². The van der Waals surface area contributed by atoms with Gasteiger partial charge >= 0.3 is 5.97 Å². The van der Waals surface area contributed by atoms with E-state index in [0.717, 1.165) is 6.42 Å². The van der Waals surface area contributed by atoms with Gasteiger partial charge in [-0.2, -0.15) is 0 Å². The van der Waals surface area contributed by atoms with Crippen LogP contribution in [0.4, 0.5) is 0 Å². The molecule has 2 unspecified atom stereocenters. The molecule has 130 valence electrons. The van der Waals surface area contributed by atoms with E-state index in [9.17, 15) is 15.0 Å². The van der Waals surface area contributed by atoms with Gasteiger partial charge in [0.15, 0.2) is 6.23 Å². The predicted octanol–water partition coefficient (Wildman–Crippen LogP) is 0.118. The summed E-state index contributed by atoms with van der Waals surface area (Å²) in [6, 6.07) is 0. The Balaban J connectivity index is 1.98. The fraction of sp³-hybridized carbons (Fsp3) is 0.688. The van der Waals surface area contributed by atoms with Crippen molar-refractivity contribution in [2.75, 3.05) is 13.2 Å². The van der Waals surface area contributed by atoms with Crippen LogP contribution in [0.5, 0.6) is 0 Å². The minimum absolute atomic E-state index is 0.366. The van der Waals surface area contributed by atoms with Gasteiger partial charge in [-0.1, -0.05) is 19.9 Å². The fourth-order valence-electron chi connectivity index (χ4n) is 2.48. The molecule has 2 aliphatic rings. The number of hydrogen-bond donors (Lipinski definition) is 3. The van der Waals surface area contributed by atoms with Crippen molar-refractivity contribution in [3.8, 4) is 0 Å². The van der Waals surface area contributed by atoms with E-state index in [1.54, 1.807) is 18.5 Å². The Hall–Kier alpha value is -1.41. The molecular formula is C16H25NO6. The summed E-state index contributed by atoms with van der Waals surface area (Å²) < 4.78 is 10.7. The maximum atomic E-state index is 12.1. The number of aliphatic hydroxyl groups excluding tert-OH is 3. The highest BCUT2D eigenvalue weighted by atomic mass is 16.6. The largest absolute Gasteiger partial charge is 0.462 e. The SMILES string of the molecule is CC(C)CCOC(=O)C1=CN([C@@H]2O[C@H](CO)C(O)C2O)C=CC1. The van der Waals surface area contributed by atoms with Crippen LogP contribution in [0.3, 0.4) is 0 Å². The van der Waals surface area contributed by atoms with Crippen LogP contribution < -0.4 is 0 Å². The van der Waals surface area contributed by atoms with Gasteiger partial charge in [-0.05, 0) is 12.3 Å². The van der Waals surface area contributed by atoms with Gasteiger partial charge in [0.2, 0.25) is 0 Å².